The van der Waals surface area contributed by atoms with Crippen molar-refractivity contribution in [3.8, 4) is 11.8 Å². The summed E-state index contributed by atoms with van der Waals surface area (Å²) in [5, 5.41) is 15.1. The molecule has 0 saturated carbocycles. The van der Waals surface area contributed by atoms with E-state index in [1.165, 1.54) is 36.4 Å². The molecule has 6 nitrogen and oxygen atoms in total. The number of rotatable bonds is 7. The highest BCUT2D eigenvalue weighted by Gasteiger charge is 2.13. The van der Waals surface area contributed by atoms with Crippen molar-refractivity contribution in [3.05, 3.63) is 93.2 Å². The molecular weight excluding hydrogens is 480 g/mol. The maximum Gasteiger partial charge on any atom is 0.266 e. The van der Waals surface area contributed by atoms with Crippen molar-refractivity contribution >= 4 is 52.5 Å². The van der Waals surface area contributed by atoms with Gasteiger partial charge in [0.2, 0.25) is 0 Å². The molecule has 172 valence electrons. The van der Waals surface area contributed by atoms with Crippen molar-refractivity contribution in [3.63, 3.8) is 0 Å². The highest BCUT2D eigenvalue weighted by atomic mass is 35.5. The van der Waals surface area contributed by atoms with Gasteiger partial charge in [-0.1, -0.05) is 47.5 Å². The average Bonchev–Trinajstić information content (AvgIpc) is 2.80. The van der Waals surface area contributed by atoms with Crippen molar-refractivity contribution in [1.29, 1.82) is 5.26 Å². The van der Waals surface area contributed by atoms with Crippen LogP contribution in [0.25, 0.3) is 6.08 Å². The van der Waals surface area contributed by atoms with Crippen LogP contribution in [0.5, 0.6) is 5.75 Å². The number of anilines is 2. The maximum atomic E-state index is 13.6. The lowest BCUT2D eigenvalue weighted by Crippen LogP contribution is -2.20. The lowest BCUT2D eigenvalue weighted by Gasteiger charge is -2.10. The molecule has 0 heterocycles. The minimum atomic E-state index is -0.603. The molecule has 0 aliphatic rings. The Morgan fingerprint density at radius 2 is 1.82 bits per heavy atom. The largest absolute Gasteiger partial charge is 0.482 e. The van der Waals surface area contributed by atoms with Crippen molar-refractivity contribution in [1.82, 2.24) is 0 Å². The molecule has 0 unspecified atom stereocenters. The zero-order chi connectivity index (χ0) is 24.7. The van der Waals surface area contributed by atoms with Crippen LogP contribution in [0.2, 0.25) is 10.0 Å². The molecule has 2 N–H and O–H groups in total. The molecule has 2 amide bonds. The summed E-state index contributed by atoms with van der Waals surface area (Å²) in [5.74, 6) is -1.52. The Morgan fingerprint density at radius 1 is 1.06 bits per heavy atom. The second kappa shape index (κ2) is 11.3. The summed E-state index contributed by atoms with van der Waals surface area (Å²) in [4.78, 5) is 24.6. The fraction of sp³-hybridized carbons (Fsp3) is 0.0800. The first-order chi connectivity index (χ1) is 16.3. The Morgan fingerprint density at radius 3 is 2.53 bits per heavy atom. The lowest BCUT2D eigenvalue weighted by atomic mass is 10.1. The highest BCUT2D eigenvalue weighted by Crippen LogP contribution is 2.27. The van der Waals surface area contributed by atoms with Crippen LogP contribution in [-0.2, 0) is 9.59 Å². The van der Waals surface area contributed by atoms with E-state index in [9.17, 15) is 19.2 Å². The molecule has 3 rings (SSSR count). The molecule has 0 aliphatic heterocycles. The van der Waals surface area contributed by atoms with E-state index in [-0.39, 0.29) is 22.0 Å². The van der Waals surface area contributed by atoms with E-state index in [4.69, 9.17) is 27.9 Å². The van der Waals surface area contributed by atoms with Gasteiger partial charge >= 0.3 is 0 Å². The number of para-hydroxylation sites is 1. The molecule has 0 bridgehead atoms. The first-order valence-corrected chi connectivity index (χ1v) is 10.7. The van der Waals surface area contributed by atoms with E-state index in [1.54, 1.807) is 37.3 Å². The van der Waals surface area contributed by atoms with Crippen LogP contribution in [-0.4, -0.2) is 18.4 Å². The summed E-state index contributed by atoms with van der Waals surface area (Å²) in [6.07, 6.45) is 1.37. The summed E-state index contributed by atoms with van der Waals surface area (Å²) < 4.78 is 19.0. The van der Waals surface area contributed by atoms with E-state index >= 15 is 0 Å². The van der Waals surface area contributed by atoms with Crippen molar-refractivity contribution in [2.45, 2.75) is 6.92 Å². The first kappa shape index (κ1) is 24.8. The van der Waals surface area contributed by atoms with E-state index in [1.807, 2.05) is 6.07 Å². The van der Waals surface area contributed by atoms with Gasteiger partial charge in [0, 0.05) is 10.7 Å². The van der Waals surface area contributed by atoms with Crippen LogP contribution in [0.3, 0.4) is 0 Å². The van der Waals surface area contributed by atoms with Gasteiger partial charge in [0.05, 0.1) is 10.7 Å². The second-order valence-corrected chi connectivity index (χ2v) is 7.93. The number of ether oxygens (including phenoxy) is 1. The average molecular weight is 498 g/mol. The second-order valence-electron chi connectivity index (χ2n) is 7.09. The van der Waals surface area contributed by atoms with Crippen LogP contribution in [0, 0.1) is 24.1 Å². The highest BCUT2D eigenvalue weighted by molar-refractivity contribution is 6.32. The number of nitrogens with one attached hydrogen (secondary N) is 2. The maximum absolute atomic E-state index is 13.6. The van der Waals surface area contributed by atoms with Gasteiger partial charge in [0.25, 0.3) is 11.8 Å². The first-order valence-electron chi connectivity index (χ1n) is 9.93. The molecule has 34 heavy (non-hydrogen) atoms. The zero-order valence-corrected chi connectivity index (χ0v) is 19.4. The van der Waals surface area contributed by atoms with Gasteiger partial charge in [0.15, 0.2) is 6.61 Å². The molecule has 0 aromatic heterocycles. The van der Waals surface area contributed by atoms with Gasteiger partial charge < -0.3 is 15.4 Å². The number of nitrogens with zero attached hydrogens (tertiary/aromatic N) is 1. The number of benzene rings is 3. The normalized spacial score (nSPS) is 10.9. The fourth-order valence-electron chi connectivity index (χ4n) is 2.85. The number of carbonyl (C=O) groups is 2. The van der Waals surface area contributed by atoms with Gasteiger partial charge in [-0.25, -0.2) is 4.39 Å². The monoisotopic (exact) mass is 497 g/mol. The van der Waals surface area contributed by atoms with E-state index in [0.29, 0.717) is 16.3 Å². The number of carbonyl (C=O) groups excluding carboxylic acids is 2. The Hall–Kier alpha value is -3.86. The number of hydrogen-bond donors (Lipinski definition) is 2. The molecule has 0 atom stereocenters. The van der Waals surface area contributed by atoms with Gasteiger partial charge in [-0.15, -0.1) is 0 Å². The molecule has 3 aromatic rings. The number of aryl methyl sites for hydroxylation is 1. The van der Waals surface area contributed by atoms with Crippen LogP contribution in [0.1, 0.15) is 11.1 Å². The van der Waals surface area contributed by atoms with Crippen molar-refractivity contribution in [2.75, 3.05) is 17.2 Å². The molecule has 0 spiro atoms. The SMILES string of the molecule is Cc1ccc(Cl)cc1NC(=O)/C(C#N)=C\c1ccc(OCC(=O)Nc2ccccc2F)c(Cl)c1. The predicted octanol–water partition coefficient (Wildman–Crippen LogP) is 6.00. The summed E-state index contributed by atoms with van der Waals surface area (Å²) in [7, 11) is 0. The molecule has 0 aliphatic carbocycles. The minimum Gasteiger partial charge on any atom is -0.482 e. The number of hydrogen-bond acceptors (Lipinski definition) is 4. The molecule has 0 radical (unpaired) electrons. The van der Waals surface area contributed by atoms with Crippen molar-refractivity contribution < 1.29 is 18.7 Å². The van der Waals surface area contributed by atoms with Crippen LogP contribution < -0.4 is 15.4 Å². The Kier molecular flexibility index (Phi) is 8.25. The zero-order valence-electron chi connectivity index (χ0n) is 17.9. The Balaban J connectivity index is 1.66. The molecule has 3 aromatic carbocycles. The smallest absolute Gasteiger partial charge is 0.266 e. The number of amides is 2. The third kappa shape index (κ3) is 6.58. The fourth-order valence-corrected chi connectivity index (χ4v) is 3.27. The third-order valence-corrected chi connectivity index (χ3v) is 5.12. The summed E-state index contributed by atoms with van der Waals surface area (Å²) in [6.45, 7) is 1.41. The lowest BCUT2D eigenvalue weighted by molar-refractivity contribution is -0.118. The van der Waals surface area contributed by atoms with E-state index in [0.717, 1.165) is 5.56 Å². The number of nitriles is 1. The summed E-state index contributed by atoms with van der Waals surface area (Å²) in [5.41, 5.74) is 1.65. The van der Waals surface area contributed by atoms with Gasteiger partial charge in [-0.2, -0.15) is 5.26 Å². The standard InChI is InChI=1S/C25H18Cl2FN3O3/c1-15-6-8-18(26)12-22(15)31-25(33)17(13-29)10-16-7-9-23(19(27)11-16)34-14-24(32)30-21-5-3-2-4-20(21)28/h2-12H,14H2,1H3,(H,30,32)(H,31,33)/b17-10-. The van der Waals surface area contributed by atoms with Gasteiger partial charge in [-0.05, 0) is 60.5 Å². The number of halogens is 3. The Labute approximate surface area is 205 Å². The summed E-state index contributed by atoms with van der Waals surface area (Å²) >= 11 is 12.2. The summed E-state index contributed by atoms with van der Waals surface area (Å²) in [6, 6.07) is 17.2. The predicted molar refractivity (Wildman–Crippen MR) is 130 cm³/mol. The molecule has 9 heteroatoms. The molecular formula is C25H18Cl2FN3O3. The Bertz CT molecular complexity index is 1320. The topological polar surface area (TPSA) is 91.2 Å². The molecule has 0 saturated heterocycles. The van der Waals surface area contributed by atoms with E-state index in [2.05, 4.69) is 10.6 Å². The quantitative estimate of drug-likeness (QED) is 0.309. The molecule has 0 fully saturated rings. The van der Waals surface area contributed by atoms with Crippen molar-refractivity contribution in [2.24, 2.45) is 0 Å². The van der Waals surface area contributed by atoms with Crippen LogP contribution in [0.15, 0.2) is 66.2 Å². The van der Waals surface area contributed by atoms with Gasteiger partial charge in [-0.3, -0.25) is 9.59 Å². The van der Waals surface area contributed by atoms with E-state index < -0.39 is 24.2 Å². The van der Waals surface area contributed by atoms with Crippen LogP contribution >= 0.6 is 23.2 Å². The third-order valence-electron chi connectivity index (χ3n) is 4.59. The van der Waals surface area contributed by atoms with Gasteiger partial charge in [0.1, 0.15) is 23.2 Å². The minimum absolute atomic E-state index is 0.0398. The van der Waals surface area contributed by atoms with Crippen LogP contribution in [0.4, 0.5) is 15.8 Å².